The molecule has 0 spiro atoms. The van der Waals surface area contributed by atoms with Crippen LogP contribution in [0.1, 0.15) is 15.9 Å². The third-order valence-corrected chi connectivity index (χ3v) is 4.69. The molecule has 0 bridgehead atoms. The molecule has 0 amide bonds. The van der Waals surface area contributed by atoms with E-state index >= 15 is 0 Å². The highest BCUT2D eigenvalue weighted by Gasteiger charge is 2.24. The number of aromatic nitrogens is 2. The second-order valence-corrected chi connectivity index (χ2v) is 6.63. The lowest BCUT2D eigenvalue weighted by atomic mass is 10.1. The van der Waals surface area contributed by atoms with Crippen LogP contribution >= 0.6 is 0 Å². The second kappa shape index (κ2) is 8.10. The van der Waals surface area contributed by atoms with Gasteiger partial charge in [-0.1, -0.05) is 6.07 Å². The number of carboxylic acid groups (broad SMARTS) is 1. The summed E-state index contributed by atoms with van der Waals surface area (Å²) < 4.78 is 60.3. The molecule has 12 heteroatoms. The lowest BCUT2D eigenvalue weighted by molar-refractivity contribution is -0.0512. The van der Waals surface area contributed by atoms with Crippen molar-refractivity contribution < 1.29 is 36.6 Å². The van der Waals surface area contributed by atoms with Gasteiger partial charge in [-0.25, -0.2) is 17.9 Å². The number of aromatic carboxylic acids is 1. The van der Waals surface area contributed by atoms with Crippen molar-refractivity contribution in [3.05, 3.63) is 35.5 Å². The SMILES string of the molecule is COc1cc(CCNS(=O)(=O)c2[nH]ncc2C(=O)O)ccc1OC(F)F. The molecule has 26 heavy (non-hydrogen) atoms. The molecule has 0 saturated heterocycles. The van der Waals surface area contributed by atoms with Crippen LogP contribution in [-0.2, 0) is 16.4 Å². The average Bonchev–Trinajstić information content (AvgIpc) is 3.06. The lowest BCUT2D eigenvalue weighted by Crippen LogP contribution is -2.27. The van der Waals surface area contributed by atoms with E-state index in [4.69, 9.17) is 9.84 Å². The van der Waals surface area contributed by atoms with Crippen LogP contribution in [0.2, 0.25) is 0 Å². The number of hydrogen-bond acceptors (Lipinski definition) is 6. The Morgan fingerprint density at radius 3 is 2.73 bits per heavy atom. The lowest BCUT2D eigenvalue weighted by Gasteiger charge is -2.11. The van der Waals surface area contributed by atoms with Crippen LogP contribution in [0, 0.1) is 0 Å². The number of sulfonamides is 1. The maximum atomic E-state index is 12.3. The third-order valence-electron chi connectivity index (χ3n) is 3.25. The van der Waals surface area contributed by atoms with Crippen LogP contribution < -0.4 is 14.2 Å². The van der Waals surface area contributed by atoms with Gasteiger partial charge in [0.15, 0.2) is 16.5 Å². The average molecular weight is 391 g/mol. The van der Waals surface area contributed by atoms with Crippen LogP contribution in [-0.4, -0.2) is 50.0 Å². The molecule has 2 rings (SSSR count). The van der Waals surface area contributed by atoms with E-state index in [0.717, 1.165) is 6.20 Å². The Kier molecular flexibility index (Phi) is 6.10. The highest BCUT2D eigenvalue weighted by atomic mass is 32.2. The minimum absolute atomic E-state index is 0.0708. The summed E-state index contributed by atoms with van der Waals surface area (Å²) in [6, 6.07) is 4.20. The highest BCUT2D eigenvalue weighted by molar-refractivity contribution is 7.89. The summed E-state index contributed by atoms with van der Waals surface area (Å²) in [4.78, 5) is 11.0. The Morgan fingerprint density at radius 1 is 1.38 bits per heavy atom. The van der Waals surface area contributed by atoms with E-state index in [1.54, 1.807) is 0 Å². The number of benzene rings is 1. The first-order valence-corrected chi connectivity index (χ1v) is 8.61. The first-order chi connectivity index (χ1) is 12.2. The zero-order valence-electron chi connectivity index (χ0n) is 13.4. The monoisotopic (exact) mass is 391 g/mol. The maximum absolute atomic E-state index is 12.3. The number of halogens is 2. The van der Waals surface area contributed by atoms with Crippen molar-refractivity contribution in [2.45, 2.75) is 18.1 Å². The third kappa shape index (κ3) is 4.67. The molecule has 0 radical (unpaired) electrons. The molecular weight excluding hydrogens is 376 g/mol. The first kappa shape index (κ1) is 19.6. The molecule has 0 fully saturated rings. The Morgan fingerprint density at radius 2 is 2.12 bits per heavy atom. The molecule has 0 unspecified atom stereocenters. The summed E-state index contributed by atoms with van der Waals surface area (Å²) in [5, 5.41) is 13.9. The van der Waals surface area contributed by atoms with E-state index in [-0.39, 0.29) is 24.5 Å². The maximum Gasteiger partial charge on any atom is 0.387 e. The molecule has 0 aliphatic carbocycles. The number of rotatable bonds is 9. The van der Waals surface area contributed by atoms with Gasteiger partial charge in [-0.05, 0) is 24.1 Å². The zero-order chi connectivity index (χ0) is 19.3. The van der Waals surface area contributed by atoms with Gasteiger partial charge in [0.05, 0.1) is 13.3 Å². The number of H-pyrrole nitrogens is 1. The van der Waals surface area contributed by atoms with Crippen molar-refractivity contribution in [3.8, 4) is 11.5 Å². The molecule has 0 aliphatic rings. The van der Waals surface area contributed by atoms with Gasteiger partial charge in [0.2, 0.25) is 0 Å². The van der Waals surface area contributed by atoms with Gasteiger partial charge >= 0.3 is 12.6 Å². The van der Waals surface area contributed by atoms with Gasteiger partial charge in [0.1, 0.15) is 5.56 Å². The van der Waals surface area contributed by atoms with Crippen LogP contribution in [0.25, 0.3) is 0 Å². The number of nitrogens with zero attached hydrogens (tertiary/aromatic N) is 1. The van der Waals surface area contributed by atoms with Crippen molar-refractivity contribution in [2.75, 3.05) is 13.7 Å². The molecule has 9 nitrogen and oxygen atoms in total. The first-order valence-electron chi connectivity index (χ1n) is 7.12. The number of carbonyl (C=O) groups is 1. The Balaban J connectivity index is 2.05. The van der Waals surface area contributed by atoms with E-state index in [2.05, 4.69) is 19.7 Å². The van der Waals surface area contributed by atoms with Crippen molar-refractivity contribution in [1.82, 2.24) is 14.9 Å². The fraction of sp³-hybridized carbons (Fsp3) is 0.286. The molecule has 0 aliphatic heterocycles. The molecule has 1 aromatic carbocycles. The number of nitrogens with one attached hydrogen (secondary N) is 2. The fourth-order valence-electron chi connectivity index (χ4n) is 2.09. The highest BCUT2D eigenvalue weighted by Crippen LogP contribution is 2.29. The second-order valence-electron chi connectivity index (χ2n) is 4.93. The predicted octanol–water partition coefficient (Wildman–Crippen LogP) is 1.24. The van der Waals surface area contributed by atoms with Crippen LogP contribution in [0.3, 0.4) is 0 Å². The van der Waals surface area contributed by atoms with E-state index in [9.17, 15) is 22.0 Å². The van der Waals surface area contributed by atoms with Gasteiger partial charge < -0.3 is 14.6 Å². The molecule has 0 saturated carbocycles. The minimum atomic E-state index is -4.11. The normalized spacial score (nSPS) is 11.5. The predicted molar refractivity (Wildman–Crippen MR) is 84.1 cm³/mol. The van der Waals surface area contributed by atoms with Gasteiger partial charge in [0, 0.05) is 6.54 Å². The molecule has 1 aromatic heterocycles. The summed E-state index contributed by atoms with van der Waals surface area (Å²) in [7, 11) is -2.82. The van der Waals surface area contributed by atoms with Crippen molar-refractivity contribution >= 4 is 16.0 Å². The molecule has 2 aromatic rings. The van der Waals surface area contributed by atoms with Crippen LogP contribution in [0.5, 0.6) is 11.5 Å². The molecule has 3 N–H and O–H groups in total. The number of ether oxygens (including phenoxy) is 2. The summed E-state index contributed by atoms with van der Waals surface area (Å²) in [5.41, 5.74) is 0.113. The van der Waals surface area contributed by atoms with Gasteiger partial charge in [-0.3, -0.25) is 5.10 Å². The summed E-state index contributed by atoms with van der Waals surface area (Å²) in [5.74, 6) is -1.50. The van der Waals surface area contributed by atoms with Crippen LogP contribution in [0.15, 0.2) is 29.4 Å². The molecule has 1 heterocycles. The van der Waals surface area contributed by atoms with Gasteiger partial charge in [-0.15, -0.1) is 0 Å². The largest absolute Gasteiger partial charge is 0.493 e. The number of carboxylic acids is 1. The quantitative estimate of drug-likeness (QED) is 0.586. The van der Waals surface area contributed by atoms with E-state index in [1.165, 1.54) is 25.3 Å². The Bertz CT molecular complexity index is 885. The van der Waals surface area contributed by atoms with E-state index < -0.39 is 33.2 Å². The summed E-state index contributed by atoms with van der Waals surface area (Å²) in [6.45, 7) is -3.07. The molecule has 0 atom stereocenters. The topological polar surface area (TPSA) is 131 Å². The van der Waals surface area contributed by atoms with Crippen molar-refractivity contribution in [3.63, 3.8) is 0 Å². The summed E-state index contributed by atoms with van der Waals surface area (Å²) >= 11 is 0. The standard InChI is InChI=1S/C14H15F2N3O6S/c1-24-11-6-8(2-3-10(11)25-14(15)16)4-5-18-26(22,23)12-9(13(20)21)7-17-19-12/h2-3,6-7,14,18H,4-5H2,1H3,(H,17,19)(H,20,21). The van der Waals surface area contributed by atoms with Gasteiger partial charge in [0.25, 0.3) is 10.0 Å². The Labute approximate surface area is 147 Å². The molecular formula is C14H15F2N3O6S. The van der Waals surface area contributed by atoms with Crippen molar-refractivity contribution in [2.24, 2.45) is 0 Å². The smallest absolute Gasteiger partial charge is 0.387 e. The number of hydrogen-bond donors (Lipinski definition) is 3. The summed E-state index contributed by atoms with van der Waals surface area (Å²) in [6.07, 6.45) is 1.09. The number of alkyl halides is 2. The fourth-order valence-corrected chi connectivity index (χ4v) is 3.21. The minimum Gasteiger partial charge on any atom is -0.493 e. The number of aromatic amines is 1. The van der Waals surface area contributed by atoms with Crippen molar-refractivity contribution in [1.29, 1.82) is 0 Å². The van der Waals surface area contributed by atoms with E-state index in [0.29, 0.717) is 5.56 Å². The Hall–Kier alpha value is -2.73. The van der Waals surface area contributed by atoms with E-state index in [1.807, 2.05) is 0 Å². The van der Waals surface area contributed by atoms with Gasteiger partial charge in [-0.2, -0.15) is 13.9 Å². The van der Waals surface area contributed by atoms with Crippen LogP contribution in [0.4, 0.5) is 8.78 Å². The zero-order valence-corrected chi connectivity index (χ0v) is 14.2. The number of methoxy groups -OCH3 is 1. The molecule has 142 valence electrons.